The topological polar surface area (TPSA) is 336 Å². The lowest BCUT2D eigenvalue weighted by molar-refractivity contribution is -0.149. The van der Waals surface area contributed by atoms with Gasteiger partial charge < -0.3 is 58.9 Å². The summed E-state index contributed by atoms with van der Waals surface area (Å²) >= 11 is 8.15. The quantitative estimate of drug-likeness (QED) is 0.0486. The lowest BCUT2D eigenvalue weighted by atomic mass is 9.96. The normalized spacial score (nSPS) is 17.4. The second-order valence-corrected chi connectivity index (χ2v) is 14.4. The highest BCUT2D eigenvalue weighted by molar-refractivity contribution is 7.80. The van der Waals surface area contributed by atoms with E-state index in [4.69, 9.17) is 17.2 Å². The second-order valence-electron chi connectivity index (χ2n) is 13.7. The molecule has 1 aliphatic heterocycles. The van der Waals surface area contributed by atoms with E-state index in [2.05, 4.69) is 51.8 Å². The van der Waals surface area contributed by atoms with E-state index in [-0.39, 0.29) is 43.1 Å². The highest BCUT2D eigenvalue weighted by Gasteiger charge is 2.39. The summed E-state index contributed by atoms with van der Waals surface area (Å²) in [6.07, 6.45) is -0.685. The molecule has 1 saturated heterocycles. The molecule has 8 atom stereocenters. The number of carbonyl (C=O) groups is 9. The zero-order chi connectivity index (χ0) is 43.0. The van der Waals surface area contributed by atoms with Crippen LogP contribution in [0.2, 0.25) is 0 Å². The third-order valence-corrected chi connectivity index (χ3v) is 10.1. The fourth-order valence-corrected chi connectivity index (χ4v) is 6.25. The van der Waals surface area contributed by atoms with Gasteiger partial charge in [-0.15, -0.1) is 0 Å². The van der Waals surface area contributed by atoms with Crippen LogP contribution in [0.15, 0.2) is 24.3 Å². The maximum atomic E-state index is 13.9. The van der Waals surface area contributed by atoms with Gasteiger partial charge in [-0.25, -0.2) is 4.79 Å². The molecule has 0 saturated carbocycles. The van der Waals surface area contributed by atoms with Crippen LogP contribution in [0.5, 0.6) is 5.75 Å². The van der Waals surface area contributed by atoms with E-state index in [1.165, 1.54) is 24.3 Å². The van der Waals surface area contributed by atoms with Crippen molar-refractivity contribution in [2.75, 3.05) is 18.1 Å². The van der Waals surface area contributed by atoms with E-state index in [9.17, 15) is 53.4 Å². The SMILES string of the molecule is CC[C@H](C)[C@H](NC(=O)[C@H](Cc1ccc(O)cc1)NC(=O)[C@@H](N)CS)C(=O)N[C@@H](CCC(N)=O)C(=O)N[C@@H](CC(N)=O)C(=O)N[C@@H](CS)C(=O)N1CCC[C@H]1C(=O)O. The van der Waals surface area contributed by atoms with Crippen LogP contribution >= 0.6 is 25.3 Å². The Morgan fingerprint density at radius 2 is 1.35 bits per heavy atom. The van der Waals surface area contributed by atoms with Crippen molar-refractivity contribution >= 4 is 78.5 Å². The molecule has 1 aliphatic rings. The number of amides is 8. The number of primary amides is 2. The number of carboxylic acid groups (broad SMARTS) is 1. The van der Waals surface area contributed by atoms with E-state index in [1.54, 1.807) is 13.8 Å². The molecule has 1 fully saturated rings. The fourth-order valence-electron chi connectivity index (χ4n) is 5.84. The number of carbonyl (C=O) groups excluding carboxylic acids is 8. The van der Waals surface area contributed by atoms with Crippen molar-refractivity contribution in [1.82, 2.24) is 31.5 Å². The van der Waals surface area contributed by atoms with Gasteiger partial charge in [0, 0.05) is 30.9 Å². The molecule has 1 aromatic rings. The molecular weight excluding hydrogens is 787 g/mol. The van der Waals surface area contributed by atoms with Crippen molar-refractivity contribution in [2.45, 2.75) is 101 Å². The van der Waals surface area contributed by atoms with E-state index in [0.717, 1.165) is 4.90 Å². The van der Waals surface area contributed by atoms with Crippen molar-refractivity contribution in [1.29, 1.82) is 0 Å². The molecule has 1 heterocycles. The molecule has 0 aromatic heterocycles. The molecule has 22 heteroatoms. The maximum absolute atomic E-state index is 13.9. The number of aliphatic carboxylic acids is 1. The number of benzene rings is 1. The Bertz CT molecular complexity index is 1640. The Labute approximate surface area is 340 Å². The van der Waals surface area contributed by atoms with Gasteiger partial charge in [0.15, 0.2) is 0 Å². The molecule has 57 heavy (non-hydrogen) atoms. The summed E-state index contributed by atoms with van der Waals surface area (Å²) in [5.74, 6) is -9.24. The molecule has 0 unspecified atom stereocenters. The summed E-state index contributed by atoms with van der Waals surface area (Å²) < 4.78 is 0. The fraction of sp³-hybridized carbons (Fsp3) is 0.571. The minimum atomic E-state index is -1.70. The molecule has 8 amide bonds. The summed E-state index contributed by atoms with van der Waals surface area (Å²) in [5, 5.41) is 31.6. The van der Waals surface area contributed by atoms with Crippen molar-refractivity contribution in [2.24, 2.45) is 23.1 Å². The minimum absolute atomic E-state index is 0.0314. The number of hydrogen-bond acceptors (Lipinski definition) is 13. The van der Waals surface area contributed by atoms with Crippen LogP contribution in [-0.4, -0.2) is 129 Å². The first-order valence-electron chi connectivity index (χ1n) is 18.2. The first-order chi connectivity index (χ1) is 26.8. The number of carboxylic acids is 1. The predicted octanol–water partition coefficient (Wildman–Crippen LogP) is -3.19. The maximum Gasteiger partial charge on any atom is 0.326 e. The van der Waals surface area contributed by atoms with E-state index in [0.29, 0.717) is 18.4 Å². The van der Waals surface area contributed by atoms with Gasteiger partial charge in [0.1, 0.15) is 42.0 Å². The molecule has 20 nitrogen and oxygen atoms in total. The number of rotatable bonds is 23. The number of nitrogens with zero attached hydrogens (tertiary/aromatic N) is 1. The second kappa shape index (κ2) is 23.2. The highest BCUT2D eigenvalue weighted by Crippen LogP contribution is 2.19. The van der Waals surface area contributed by atoms with Gasteiger partial charge >= 0.3 is 5.97 Å². The Kier molecular flexibility index (Phi) is 19.6. The van der Waals surface area contributed by atoms with Crippen LogP contribution in [0.1, 0.15) is 57.9 Å². The Balaban J connectivity index is 2.34. The summed E-state index contributed by atoms with van der Waals surface area (Å²) in [4.78, 5) is 117. The van der Waals surface area contributed by atoms with Gasteiger partial charge in [0.25, 0.3) is 0 Å². The van der Waals surface area contributed by atoms with Crippen LogP contribution in [0, 0.1) is 5.92 Å². The Morgan fingerprint density at radius 3 is 1.89 bits per heavy atom. The molecule has 316 valence electrons. The number of hydrogen-bond donors (Lipinski definition) is 12. The molecule has 0 radical (unpaired) electrons. The van der Waals surface area contributed by atoms with E-state index >= 15 is 0 Å². The van der Waals surface area contributed by atoms with E-state index in [1.807, 2.05) is 0 Å². The molecule has 0 spiro atoms. The van der Waals surface area contributed by atoms with Gasteiger partial charge in [0.2, 0.25) is 47.3 Å². The molecule has 2 rings (SSSR count). The van der Waals surface area contributed by atoms with Crippen LogP contribution < -0.4 is 43.8 Å². The zero-order valence-corrected chi connectivity index (χ0v) is 33.4. The number of phenolic OH excluding ortho intramolecular Hbond substituents is 1. The third kappa shape index (κ3) is 15.1. The van der Waals surface area contributed by atoms with Crippen LogP contribution in [0.25, 0.3) is 0 Å². The van der Waals surface area contributed by atoms with Crippen LogP contribution in [0.4, 0.5) is 0 Å². The molecule has 0 aliphatic carbocycles. The lowest BCUT2D eigenvalue weighted by Crippen LogP contribution is -2.61. The number of thiol groups is 2. The van der Waals surface area contributed by atoms with Crippen molar-refractivity contribution in [3.63, 3.8) is 0 Å². The summed E-state index contributed by atoms with van der Waals surface area (Å²) in [6, 6.07) is -3.55. The molecule has 1 aromatic carbocycles. The number of likely N-dealkylation sites (tertiary alicyclic amines) is 1. The van der Waals surface area contributed by atoms with Gasteiger partial charge in [-0.1, -0.05) is 32.4 Å². The zero-order valence-electron chi connectivity index (χ0n) is 31.6. The number of phenols is 1. The number of aromatic hydroxyl groups is 1. The number of nitrogens with two attached hydrogens (primary N) is 3. The summed E-state index contributed by atoms with van der Waals surface area (Å²) in [7, 11) is 0. The van der Waals surface area contributed by atoms with Crippen molar-refractivity contribution in [3.05, 3.63) is 29.8 Å². The smallest absolute Gasteiger partial charge is 0.326 e. The summed E-state index contributed by atoms with van der Waals surface area (Å²) in [5.41, 5.74) is 17.0. The lowest BCUT2D eigenvalue weighted by Gasteiger charge is -2.29. The number of nitrogens with one attached hydrogen (secondary N) is 5. The van der Waals surface area contributed by atoms with Crippen LogP contribution in [-0.2, 0) is 49.6 Å². The van der Waals surface area contributed by atoms with Gasteiger partial charge in [-0.05, 0) is 42.9 Å². The van der Waals surface area contributed by atoms with Gasteiger partial charge in [-0.3, -0.25) is 38.4 Å². The van der Waals surface area contributed by atoms with Crippen LogP contribution in [0.3, 0.4) is 0 Å². The molecular formula is C35H53N9O11S2. The Hall–Kier alpha value is -5.09. The van der Waals surface area contributed by atoms with Gasteiger partial charge in [-0.2, -0.15) is 25.3 Å². The first-order valence-corrected chi connectivity index (χ1v) is 19.5. The third-order valence-electron chi connectivity index (χ3n) is 9.30. The molecule has 0 bridgehead atoms. The largest absolute Gasteiger partial charge is 0.508 e. The minimum Gasteiger partial charge on any atom is -0.508 e. The van der Waals surface area contributed by atoms with Crippen molar-refractivity contribution in [3.8, 4) is 5.75 Å². The van der Waals surface area contributed by atoms with Gasteiger partial charge in [0.05, 0.1) is 12.5 Å². The predicted molar refractivity (Wildman–Crippen MR) is 211 cm³/mol. The Morgan fingerprint density at radius 1 is 0.789 bits per heavy atom. The first kappa shape index (κ1) is 48.1. The average Bonchev–Trinajstić information content (AvgIpc) is 3.67. The monoisotopic (exact) mass is 839 g/mol. The average molecular weight is 840 g/mol. The standard InChI is InChI=1S/C35H53N9O11S2/c1-3-17(2)28(43-32(51)22(40-29(48)20(36)15-56)13-18-6-8-19(45)9-7-18)33(52)39-21(10-11-26(37)46)30(49)41-23(14-27(38)47)31(50)42-24(16-57)34(53)44-12-4-5-25(44)35(54)55/h6-9,17,20-25,28,45,56-57H,3-5,10-16,36H2,1-2H3,(H2,37,46)(H2,38,47)(H,39,52)(H,40,48)(H,41,49)(H,42,50)(H,43,51)(H,54,55)/t17-,20-,21-,22-,23-,24-,25-,28-/m0/s1. The highest BCUT2D eigenvalue weighted by atomic mass is 32.1. The van der Waals surface area contributed by atoms with Crippen molar-refractivity contribution < 1.29 is 53.4 Å². The van der Waals surface area contributed by atoms with E-state index < -0.39 is 114 Å². The summed E-state index contributed by atoms with van der Waals surface area (Å²) in [6.45, 7) is 3.49. The molecule has 13 N–H and O–H groups in total.